The standard InChI is InChI=1S/C19H23FN4O2/c20-16-8-21-19(22-9-16)24-5-4-23-10-15(6-17(23)11-24)13-26-18-3-1-2-14(7-18)12-25/h1-3,7-9,15,17,25H,4-6,10-13H2. The van der Waals surface area contributed by atoms with E-state index in [0.29, 0.717) is 24.5 Å². The van der Waals surface area contributed by atoms with E-state index in [4.69, 9.17) is 4.74 Å². The maximum absolute atomic E-state index is 13.0. The average Bonchev–Trinajstić information content (AvgIpc) is 3.09. The fourth-order valence-corrected chi connectivity index (χ4v) is 3.87. The zero-order chi connectivity index (χ0) is 17.9. The summed E-state index contributed by atoms with van der Waals surface area (Å²) in [6, 6.07) is 8.05. The summed E-state index contributed by atoms with van der Waals surface area (Å²) in [5.41, 5.74) is 0.862. The Balaban J connectivity index is 1.32. The molecule has 138 valence electrons. The van der Waals surface area contributed by atoms with Gasteiger partial charge in [0.05, 0.1) is 25.6 Å². The van der Waals surface area contributed by atoms with Crippen LogP contribution in [0.1, 0.15) is 12.0 Å². The van der Waals surface area contributed by atoms with Crippen molar-refractivity contribution < 1.29 is 14.2 Å². The number of aromatic nitrogens is 2. The summed E-state index contributed by atoms with van der Waals surface area (Å²) in [4.78, 5) is 12.8. The van der Waals surface area contributed by atoms with Crippen molar-refractivity contribution >= 4 is 5.95 Å². The van der Waals surface area contributed by atoms with Gasteiger partial charge in [0.25, 0.3) is 0 Å². The molecule has 7 heteroatoms. The van der Waals surface area contributed by atoms with Gasteiger partial charge in [-0.1, -0.05) is 12.1 Å². The van der Waals surface area contributed by atoms with Gasteiger partial charge in [0.15, 0.2) is 5.82 Å². The van der Waals surface area contributed by atoms with Gasteiger partial charge in [0.1, 0.15) is 5.75 Å². The molecule has 0 spiro atoms. The first-order valence-corrected chi connectivity index (χ1v) is 9.00. The molecule has 0 bridgehead atoms. The lowest BCUT2D eigenvalue weighted by Gasteiger charge is -2.37. The summed E-state index contributed by atoms with van der Waals surface area (Å²) in [7, 11) is 0. The molecule has 1 N–H and O–H groups in total. The predicted octanol–water partition coefficient (Wildman–Crippen LogP) is 1.70. The lowest BCUT2D eigenvalue weighted by molar-refractivity contribution is 0.216. The van der Waals surface area contributed by atoms with Gasteiger partial charge in [0.2, 0.25) is 5.95 Å². The summed E-state index contributed by atoms with van der Waals surface area (Å²) in [6.45, 7) is 4.41. The molecule has 2 fully saturated rings. The van der Waals surface area contributed by atoms with Gasteiger partial charge in [0, 0.05) is 38.1 Å². The maximum Gasteiger partial charge on any atom is 0.225 e. The Bertz CT molecular complexity index is 743. The van der Waals surface area contributed by atoms with Crippen LogP contribution in [0.3, 0.4) is 0 Å². The van der Waals surface area contributed by atoms with E-state index in [0.717, 1.165) is 43.9 Å². The molecule has 3 heterocycles. The molecule has 0 aliphatic carbocycles. The number of piperazine rings is 1. The van der Waals surface area contributed by atoms with E-state index in [1.165, 1.54) is 12.4 Å². The lowest BCUT2D eigenvalue weighted by atomic mass is 10.1. The third kappa shape index (κ3) is 3.78. The molecule has 2 aromatic rings. The van der Waals surface area contributed by atoms with Gasteiger partial charge in [-0.3, -0.25) is 4.90 Å². The van der Waals surface area contributed by atoms with E-state index in [1.54, 1.807) is 0 Å². The van der Waals surface area contributed by atoms with Crippen molar-refractivity contribution in [3.63, 3.8) is 0 Å². The molecule has 2 unspecified atom stereocenters. The number of halogens is 1. The van der Waals surface area contributed by atoms with E-state index >= 15 is 0 Å². The van der Waals surface area contributed by atoms with E-state index in [9.17, 15) is 9.50 Å². The van der Waals surface area contributed by atoms with Gasteiger partial charge in [-0.05, 0) is 24.1 Å². The van der Waals surface area contributed by atoms with E-state index in [-0.39, 0.29) is 6.61 Å². The number of hydrogen-bond acceptors (Lipinski definition) is 6. The number of benzene rings is 1. The normalized spacial score (nSPS) is 23.1. The highest BCUT2D eigenvalue weighted by atomic mass is 19.1. The second-order valence-electron chi connectivity index (χ2n) is 7.01. The Morgan fingerprint density at radius 2 is 2.04 bits per heavy atom. The molecule has 4 rings (SSSR count). The highest BCUT2D eigenvalue weighted by Gasteiger charge is 2.37. The molecule has 2 aliphatic heterocycles. The molecular weight excluding hydrogens is 335 g/mol. The molecule has 1 aromatic carbocycles. The SMILES string of the molecule is OCc1cccc(OCC2CC3CN(c4ncc(F)cn4)CCN3C2)c1. The Morgan fingerprint density at radius 1 is 1.19 bits per heavy atom. The maximum atomic E-state index is 13.0. The first-order chi connectivity index (χ1) is 12.7. The summed E-state index contributed by atoms with van der Waals surface area (Å²) >= 11 is 0. The average molecular weight is 358 g/mol. The molecule has 0 amide bonds. The van der Waals surface area contributed by atoms with Crippen LogP contribution in [0.2, 0.25) is 0 Å². The number of fused-ring (bicyclic) bond motifs is 1. The number of ether oxygens (including phenoxy) is 1. The van der Waals surface area contributed by atoms with Crippen LogP contribution in [0.5, 0.6) is 5.75 Å². The van der Waals surface area contributed by atoms with Gasteiger partial charge in [-0.2, -0.15) is 0 Å². The van der Waals surface area contributed by atoms with Crippen molar-refractivity contribution in [3.05, 3.63) is 48.0 Å². The zero-order valence-electron chi connectivity index (χ0n) is 14.6. The topological polar surface area (TPSA) is 61.7 Å². The summed E-state index contributed by atoms with van der Waals surface area (Å²) in [5.74, 6) is 1.48. The van der Waals surface area contributed by atoms with Crippen molar-refractivity contribution in [1.82, 2.24) is 14.9 Å². The highest BCUT2D eigenvalue weighted by Crippen LogP contribution is 2.28. The third-order valence-corrected chi connectivity index (χ3v) is 5.16. The van der Waals surface area contributed by atoms with Crippen LogP contribution in [0.4, 0.5) is 10.3 Å². The molecule has 6 nitrogen and oxygen atoms in total. The summed E-state index contributed by atoms with van der Waals surface area (Å²) in [5, 5.41) is 9.22. The quantitative estimate of drug-likeness (QED) is 0.878. The minimum atomic E-state index is -0.407. The molecule has 2 saturated heterocycles. The van der Waals surface area contributed by atoms with Crippen molar-refractivity contribution in [2.45, 2.75) is 19.1 Å². The molecule has 0 saturated carbocycles. The molecule has 1 aromatic heterocycles. The van der Waals surface area contributed by atoms with Crippen molar-refractivity contribution in [1.29, 1.82) is 0 Å². The van der Waals surface area contributed by atoms with E-state index < -0.39 is 5.82 Å². The first kappa shape index (κ1) is 17.2. The molecular formula is C19H23FN4O2. The van der Waals surface area contributed by atoms with Crippen molar-refractivity contribution in [2.24, 2.45) is 5.92 Å². The molecule has 26 heavy (non-hydrogen) atoms. The second-order valence-corrected chi connectivity index (χ2v) is 7.01. The minimum Gasteiger partial charge on any atom is -0.493 e. The zero-order valence-corrected chi connectivity index (χ0v) is 14.6. The fourth-order valence-electron chi connectivity index (χ4n) is 3.87. The van der Waals surface area contributed by atoms with Gasteiger partial charge >= 0.3 is 0 Å². The molecule has 0 radical (unpaired) electrons. The summed E-state index contributed by atoms with van der Waals surface area (Å²) < 4.78 is 19.0. The highest BCUT2D eigenvalue weighted by molar-refractivity contribution is 5.31. The van der Waals surface area contributed by atoms with Gasteiger partial charge < -0.3 is 14.7 Å². The Morgan fingerprint density at radius 3 is 2.85 bits per heavy atom. The number of rotatable bonds is 5. The van der Waals surface area contributed by atoms with E-state index in [2.05, 4.69) is 19.8 Å². The monoisotopic (exact) mass is 358 g/mol. The predicted molar refractivity (Wildman–Crippen MR) is 95.5 cm³/mol. The summed E-state index contributed by atoms with van der Waals surface area (Å²) in [6.07, 6.45) is 3.51. The number of aliphatic hydroxyl groups is 1. The van der Waals surface area contributed by atoms with Crippen LogP contribution in [0.25, 0.3) is 0 Å². The Hall–Kier alpha value is -2.25. The molecule has 2 atom stereocenters. The fraction of sp³-hybridized carbons (Fsp3) is 0.474. The van der Waals surface area contributed by atoms with Crippen LogP contribution in [0.15, 0.2) is 36.7 Å². The number of anilines is 1. The van der Waals surface area contributed by atoms with E-state index in [1.807, 2.05) is 24.3 Å². The minimum absolute atomic E-state index is 0.0256. The van der Waals surface area contributed by atoms with Gasteiger partial charge in [-0.25, -0.2) is 14.4 Å². The second kappa shape index (κ2) is 7.55. The molecule has 2 aliphatic rings. The third-order valence-electron chi connectivity index (χ3n) is 5.16. The largest absolute Gasteiger partial charge is 0.493 e. The Labute approximate surface area is 152 Å². The number of nitrogens with zero attached hydrogens (tertiary/aromatic N) is 4. The van der Waals surface area contributed by atoms with Crippen LogP contribution < -0.4 is 9.64 Å². The number of hydrogen-bond donors (Lipinski definition) is 1. The smallest absolute Gasteiger partial charge is 0.225 e. The van der Waals surface area contributed by atoms with Crippen LogP contribution in [-0.4, -0.2) is 58.8 Å². The van der Waals surface area contributed by atoms with Crippen LogP contribution >= 0.6 is 0 Å². The Kier molecular flexibility index (Phi) is 4.99. The van der Waals surface area contributed by atoms with Crippen molar-refractivity contribution in [2.75, 3.05) is 37.7 Å². The number of aliphatic hydroxyl groups excluding tert-OH is 1. The lowest BCUT2D eigenvalue weighted by Crippen LogP contribution is -2.50. The van der Waals surface area contributed by atoms with Crippen molar-refractivity contribution in [3.8, 4) is 5.75 Å². The van der Waals surface area contributed by atoms with Crippen LogP contribution in [-0.2, 0) is 6.61 Å². The van der Waals surface area contributed by atoms with Gasteiger partial charge in [-0.15, -0.1) is 0 Å². The first-order valence-electron chi connectivity index (χ1n) is 9.00. The van der Waals surface area contributed by atoms with Crippen LogP contribution in [0, 0.1) is 11.7 Å².